The second kappa shape index (κ2) is 10.7. The number of hydrogen-bond acceptors (Lipinski definition) is 9. The third-order valence-corrected chi connectivity index (χ3v) is 7.26. The quantitative estimate of drug-likeness (QED) is 0.161. The molecule has 0 spiro atoms. The Balaban J connectivity index is 1.14. The molecule has 0 aromatic heterocycles. The van der Waals surface area contributed by atoms with E-state index in [0.717, 1.165) is 5.56 Å². The lowest BCUT2D eigenvalue weighted by Crippen LogP contribution is -2.50. The maximum atomic E-state index is 11.2. The van der Waals surface area contributed by atoms with E-state index in [1.807, 2.05) is 77.6 Å². The van der Waals surface area contributed by atoms with Gasteiger partial charge in [0.2, 0.25) is 0 Å². The molecule has 4 aromatic carbocycles. The standard InChI is InChI=1S/C28H23B3N2O8/c34-33(35)21-15-13-20(14-16-21)19-32(31-40-26-11-5-6-12-27(26)41-31)18-17-28(29-36-22-7-1-2-8-23(22)37-29)30-38-24-9-3-4-10-25(24)39-30/h1-16,28H,17-19H2. The zero-order valence-corrected chi connectivity index (χ0v) is 21.8. The molecule has 41 heavy (non-hydrogen) atoms. The van der Waals surface area contributed by atoms with Crippen LogP contribution in [0.1, 0.15) is 12.0 Å². The molecule has 0 atom stereocenters. The molecule has 0 radical (unpaired) electrons. The van der Waals surface area contributed by atoms with E-state index >= 15 is 0 Å². The number of nitrogens with zero attached hydrogens (tertiary/aromatic N) is 2. The van der Waals surface area contributed by atoms with Crippen LogP contribution in [-0.4, -0.2) is 37.8 Å². The number of nitro groups is 1. The average molecular weight is 548 g/mol. The summed E-state index contributed by atoms with van der Waals surface area (Å²) in [5.41, 5.74) is 0.570. The predicted molar refractivity (Wildman–Crippen MR) is 152 cm³/mol. The first-order valence-electron chi connectivity index (χ1n) is 13.4. The van der Waals surface area contributed by atoms with Gasteiger partial charge in [-0.1, -0.05) is 48.5 Å². The van der Waals surface area contributed by atoms with Gasteiger partial charge in [-0.2, -0.15) is 0 Å². The summed E-state index contributed by atoms with van der Waals surface area (Å²) in [6.45, 7) is 0.905. The van der Waals surface area contributed by atoms with Crippen LogP contribution in [0.3, 0.4) is 0 Å². The van der Waals surface area contributed by atoms with E-state index in [9.17, 15) is 10.1 Å². The fourth-order valence-corrected chi connectivity index (χ4v) is 5.16. The van der Waals surface area contributed by atoms with Gasteiger partial charge in [0.1, 0.15) is 34.5 Å². The number of non-ortho nitro benzene ring substituents is 1. The number of fused-ring (bicyclic) bond motifs is 3. The van der Waals surface area contributed by atoms with E-state index in [2.05, 4.69) is 0 Å². The third kappa shape index (κ3) is 5.11. The van der Waals surface area contributed by atoms with Crippen molar-refractivity contribution in [1.82, 2.24) is 4.81 Å². The van der Waals surface area contributed by atoms with Gasteiger partial charge in [-0.15, -0.1) is 0 Å². The molecule has 0 unspecified atom stereocenters. The molecular formula is C28H23B3N2O8. The normalized spacial score (nSPS) is 14.3. The van der Waals surface area contributed by atoms with Gasteiger partial charge in [0.15, 0.2) is 0 Å². The van der Waals surface area contributed by atoms with Crippen molar-refractivity contribution in [3.63, 3.8) is 0 Å². The lowest BCUT2D eigenvalue weighted by atomic mass is 9.50. The Kier molecular flexibility index (Phi) is 6.56. The van der Waals surface area contributed by atoms with Crippen molar-refractivity contribution in [3.05, 3.63) is 113 Å². The Labute approximate surface area is 237 Å². The zero-order valence-electron chi connectivity index (χ0n) is 21.8. The Morgan fingerprint density at radius 1 is 0.634 bits per heavy atom. The van der Waals surface area contributed by atoms with E-state index < -0.39 is 26.4 Å². The van der Waals surface area contributed by atoms with Crippen molar-refractivity contribution in [1.29, 1.82) is 0 Å². The average Bonchev–Trinajstić information content (AvgIpc) is 3.73. The molecule has 0 saturated heterocycles. The summed E-state index contributed by atoms with van der Waals surface area (Å²) in [6, 6.07) is 29.0. The van der Waals surface area contributed by atoms with E-state index in [-0.39, 0.29) is 11.4 Å². The molecule has 3 heterocycles. The second-order valence-electron chi connectivity index (χ2n) is 9.94. The number of nitro benzene ring substituents is 1. The molecule has 0 amide bonds. The van der Waals surface area contributed by atoms with Crippen LogP contribution >= 0.6 is 0 Å². The molecule has 0 bridgehead atoms. The molecule has 4 aromatic rings. The van der Waals surface area contributed by atoms with Crippen LogP contribution in [-0.2, 0) is 6.54 Å². The smallest absolute Gasteiger partial charge is 0.523 e. The van der Waals surface area contributed by atoms with Gasteiger partial charge in [0.25, 0.3) is 5.69 Å². The minimum atomic E-state index is -0.700. The Morgan fingerprint density at radius 3 is 1.46 bits per heavy atom. The highest BCUT2D eigenvalue weighted by Crippen LogP contribution is 2.42. The molecule has 0 fully saturated rings. The van der Waals surface area contributed by atoms with E-state index in [1.165, 1.54) is 12.1 Å². The summed E-state index contributed by atoms with van der Waals surface area (Å²) in [6.07, 6.45) is 0.532. The van der Waals surface area contributed by atoms with Gasteiger partial charge in [-0.25, -0.2) is 0 Å². The highest BCUT2D eigenvalue weighted by atomic mass is 16.7. The first kappa shape index (κ1) is 25.2. The molecule has 0 saturated carbocycles. The predicted octanol–water partition coefficient (Wildman–Crippen LogP) is 5.07. The highest BCUT2D eigenvalue weighted by molar-refractivity contribution is 6.70. The summed E-state index contributed by atoms with van der Waals surface area (Å²) >= 11 is 0. The molecule has 202 valence electrons. The van der Waals surface area contributed by atoms with Crippen LogP contribution in [0.4, 0.5) is 5.69 Å². The molecule has 0 N–H and O–H groups in total. The molecule has 10 nitrogen and oxygen atoms in total. The van der Waals surface area contributed by atoms with Crippen LogP contribution in [0, 0.1) is 10.1 Å². The first-order chi connectivity index (χ1) is 20.1. The topological polar surface area (TPSA) is 102 Å². The second-order valence-corrected chi connectivity index (χ2v) is 9.94. The summed E-state index contributed by atoms with van der Waals surface area (Å²) in [7, 11) is -1.99. The van der Waals surface area contributed by atoms with Crippen LogP contribution < -0.4 is 27.9 Å². The maximum Gasteiger partial charge on any atom is 0.701 e. The first-order valence-corrected chi connectivity index (χ1v) is 13.4. The van der Waals surface area contributed by atoms with Crippen molar-refractivity contribution in [2.75, 3.05) is 6.54 Å². The summed E-state index contributed by atoms with van der Waals surface area (Å²) in [5.74, 6) is 3.96. The molecule has 13 heteroatoms. The number of benzene rings is 4. The number of rotatable bonds is 9. The fraction of sp³-hybridized carbons (Fsp3) is 0.143. The molecule has 7 rings (SSSR count). The van der Waals surface area contributed by atoms with Gasteiger partial charge in [-0.3, -0.25) is 14.9 Å². The molecule has 3 aliphatic heterocycles. The van der Waals surface area contributed by atoms with Crippen LogP contribution in [0.2, 0.25) is 5.72 Å². The van der Waals surface area contributed by atoms with Gasteiger partial charge >= 0.3 is 21.5 Å². The SMILES string of the molecule is O=[N+]([O-])c1ccc(CN(CCC(B2Oc3ccccc3O2)B2Oc3ccccc3O2)B2Oc3ccccc3O2)cc1. The summed E-state index contributed by atoms with van der Waals surface area (Å²) < 4.78 is 37.2. The maximum absolute atomic E-state index is 11.2. The lowest BCUT2D eigenvalue weighted by Gasteiger charge is -2.26. The highest BCUT2D eigenvalue weighted by Gasteiger charge is 2.54. The monoisotopic (exact) mass is 548 g/mol. The van der Waals surface area contributed by atoms with E-state index in [4.69, 9.17) is 27.9 Å². The van der Waals surface area contributed by atoms with E-state index in [0.29, 0.717) is 54.0 Å². The molecular weight excluding hydrogens is 525 g/mol. The van der Waals surface area contributed by atoms with Gasteiger partial charge in [0.05, 0.1) is 10.6 Å². The Morgan fingerprint density at radius 2 is 1.05 bits per heavy atom. The van der Waals surface area contributed by atoms with E-state index in [1.54, 1.807) is 12.1 Å². The van der Waals surface area contributed by atoms with Gasteiger partial charge in [0, 0.05) is 18.7 Å². The minimum Gasteiger partial charge on any atom is -0.523 e. The largest absolute Gasteiger partial charge is 0.701 e. The Hall–Kier alpha value is -4.77. The van der Waals surface area contributed by atoms with Crippen molar-refractivity contribution in [2.24, 2.45) is 0 Å². The molecule has 0 aliphatic carbocycles. The van der Waals surface area contributed by atoms with Crippen molar-refractivity contribution in [2.45, 2.75) is 18.7 Å². The minimum absolute atomic E-state index is 0.0336. The van der Waals surface area contributed by atoms with Crippen LogP contribution in [0.15, 0.2) is 97.1 Å². The van der Waals surface area contributed by atoms with Gasteiger partial charge < -0.3 is 27.9 Å². The van der Waals surface area contributed by atoms with Crippen molar-refractivity contribution >= 4 is 27.2 Å². The zero-order chi connectivity index (χ0) is 27.8. The van der Waals surface area contributed by atoms with Gasteiger partial charge in [-0.05, 0) is 54.9 Å². The van der Waals surface area contributed by atoms with Crippen molar-refractivity contribution < 1.29 is 32.8 Å². The lowest BCUT2D eigenvalue weighted by molar-refractivity contribution is -0.384. The van der Waals surface area contributed by atoms with Crippen LogP contribution in [0.25, 0.3) is 0 Å². The van der Waals surface area contributed by atoms with Crippen LogP contribution in [0.5, 0.6) is 34.5 Å². The van der Waals surface area contributed by atoms with Crippen molar-refractivity contribution in [3.8, 4) is 34.5 Å². The summed E-state index contributed by atoms with van der Waals surface area (Å²) in [4.78, 5) is 12.8. The number of para-hydroxylation sites is 6. The fourth-order valence-electron chi connectivity index (χ4n) is 5.16. The summed E-state index contributed by atoms with van der Waals surface area (Å²) in [5, 5.41) is 11.2. The Bertz CT molecular complexity index is 1450. The third-order valence-electron chi connectivity index (χ3n) is 7.26. The molecule has 3 aliphatic rings. The number of hydrogen-bond donors (Lipinski definition) is 0.